The van der Waals surface area contributed by atoms with Gasteiger partial charge in [-0.3, -0.25) is 4.79 Å². The number of oxazole rings is 1. The first-order valence-corrected chi connectivity index (χ1v) is 8.88. The average Bonchev–Trinajstić information content (AvgIpc) is 3.20. The third-order valence-corrected chi connectivity index (χ3v) is 5.22. The lowest BCUT2D eigenvalue weighted by molar-refractivity contribution is -0.133. The van der Waals surface area contributed by atoms with Gasteiger partial charge in [-0.1, -0.05) is 12.1 Å². The number of benzene rings is 1. The third-order valence-electron chi connectivity index (χ3n) is 5.22. The largest absolute Gasteiger partial charge is 0.440 e. The smallest absolute Gasteiger partial charge is 0.242 e. The van der Waals surface area contributed by atoms with Crippen LogP contribution < -0.4 is 0 Å². The minimum absolute atomic E-state index is 0.193. The van der Waals surface area contributed by atoms with E-state index in [0.717, 1.165) is 54.3 Å². The van der Waals surface area contributed by atoms with Crippen molar-refractivity contribution >= 4 is 17.0 Å². The van der Waals surface area contributed by atoms with Gasteiger partial charge in [0.1, 0.15) is 12.1 Å². The van der Waals surface area contributed by atoms with Crippen LogP contribution in [-0.2, 0) is 11.3 Å². The van der Waals surface area contributed by atoms with Gasteiger partial charge in [-0.2, -0.15) is 0 Å². The molecule has 1 fully saturated rings. The molecule has 3 aromatic rings. The minimum atomic E-state index is 0.193. The second kappa shape index (κ2) is 6.39. The Balaban J connectivity index is 1.40. The van der Waals surface area contributed by atoms with Gasteiger partial charge in [0.15, 0.2) is 11.5 Å². The molecule has 1 aliphatic rings. The Kier molecular flexibility index (Phi) is 4.07. The van der Waals surface area contributed by atoms with Gasteiger partial charge in [-0.25, -0.2) is 4.98 Å². The van der Waals surface area contributed by atoms with Crippen molar-refractivity contribution in [3.05, 3.63) is 53.7 Å². The number of rotatable bonds is 3. The van der Waals surface area contributed by atoms with E-state index in [1.807, 2.05) is 43.0 Å². The number of hydrogen-bond acceptors (Lipinski definition) is 3. The van der Waals surface area contributed by atoms with Crippen molar-refractivity contribution in [2.24, 2.45) is 0 Å². The zero-order chi connectivity index (χ0) is 17.4. The van der Waals surface area contributed by atoms with E-state index < -0.39 is 0 Å². The number of carbonyl (C=O) groups is 1. The van der Waals surface area contributed by atoms with Crippen LogP contribution in [0.25, 0.3) is 11.1 Å². The summed E-state index contributed by atoms with van der Waals surface area (Å²) in [6, 6.07) is 12.0. The number of aryl methyl sites for hydroxylation is 2. The normalized spacial score (nSPS) is 15.8. The van der Waals surface area contributed by atoms with Crippen LogP contribution in [0.15, 0.2) is 40.8 Å². The van der Waals surface area contributed by atoms with Gasteiger partial charge < -0.3 is 13.9 Å². The molecule has 3 heterocycles. The van der Waals surface area contributed by atoms with Gasteiger partial charge >= 0.3 is 0 Å². The number of piperidine rings is 1. The van der Waals surface area contributed by atoms with Crippen molar-refractivity contribution in [3.63, 3.8) is 0 Å². The maximum atomic E-state index is 12.6. The molecule has 5 nitrogen and oxygen atoms in total. The number of amides is 1. The van der Waals surface area contributed by atoms with Gasteiger partial charge in [0.05, 0.1) is 0 Å². The molecule has 1 saturated heterocycles. The first kappa shape index (κ1) is 15.9. The zero-order valence-electron chi connectivity index (χ0n) is 14.7. The fourth-order valence-electron chi connectivity index (χ4n) is 3.62. The predicted octanol–water partition coefficient (Wildman–Crippen LogP) is 3.65. The van der Waals surface area contributed by atoms with Crippen LogP contribution in [0.3, 0.4) is 0 Å². The molecule has 0 saturated carbocycles. The van der Waals surface area contributed by atoms with E-state index in [1.54, 1.807) is 0 Å². The highest BCUT2D eigenvalue weighted by molar-refractivity contribution is 5.76. The Bertz CT molecular complexity index is 848. The number of hydrogen-bond donors (Lipinski definition) is 0. The topological polar surface area (TPSA) is 51.3 Å². The van der Waals surface area contributed by atoms with E-state index >= 15 is 0 Å². The Morgan fingerprint density at radius 1 is 1.12 bits per heavy atom. The lowest BCUT2D eigenvalue weighted by atomic mass is 9.97. The molecule has 0 N–H and O–H groups in total. The molecule has 1 amide bonds. The van der Waals surface area contributed by atoms with Crippen molar-refractivity contribution in [3.8, 4) is 0 Å². The molecule has 1 aromatic carbocycles. The quantitative estimate of drug-likeness (QED) is 0.733. The van der Waals surface area contributed by atoms with Gasteiger partial charge in [-0.05, 0) is 51.0 Å². The van der Waals surface area contributed by atoms with Crippen molar-refractivity contribution in [2.45, 2.75) is 39.2 Å². The molecule has 4 rings (SSSR count). The summed E-state index contributed by atoms with van der Waals surface area (Å²) in [5.74, 6) is 1.30. The highest BCUT2D eigenvalue weighted by Crippen LogP contribution is 2.30. The van der Waals surface area contributed by atoms with Crippen LogP contribution in [0, 0.1) is 13.8 Å². The van der Waals surface area contributed by atoms with Crippen LogP contribution in [-0.4, -0.2) is 33.4 Å². The fourth-order valence-corrected chi connectivity index (χ4v) is 3.62. The van der Waals surface area contributed by atoms with Crippen molar-refractivity contribution in [1.82, 2.24) is 14.5 Å². The summed E-state index contributed by atoms with van der Waals surface area (Å²) >= 11 is 0. The second-order valence-electron chi connectivity index (χ2n) is 6.88. The molecule has 25 heavy (non-hydrogen) atoms. The molecule has 2 aromatic heterocycles. The van der Waals surface area contributed by atoms with Crippen molar-refractivity contribution in [2.75, 3.05) is 13.1 Å². The summed E-state index contributed by atoms with van der Waals surface area (Å²) in [4.78, 5) is 19.2. The van der Waals surface area contributed by atoms with Crippen LogP contribution in [0.4, 0.5) is 0 Å². The molecule has 0 spiro atoms. The maximum absolute atomic E-state index is 12.6. The van der Waals surface area contributed by atoms with E-state index in [4.69, 9.17) is 4.42 Å². The van der Waals surface area contributed by atoms with Gasteiger partial charge in [0.2, 0.25) is 5.91 Å². The number of likely N-dealkylation sites (tertiary alicyclic amines) is 1. The van der Waals surface area contributed by atoms with Gasteiger partial charge in [0.25, 0.3) is 0 Å². The molecule has 0 radical (unpaired) electrons. The highest BCUT2D eigenvalue weighted by Gasteiger charge is 2.27. The molecular weight excluding hydrogens is 314 g/mol. The Labute approximate surface area is 147 Å². The fraction of sp³-hybridized carbons (Fsp3) is 0.400. The minimum Gasteiger partial charge on any atom is -0.440 e. The lowest BCUT2D eigenvalue weighted by Crippen LogP contribution is -2.40. The van der Waals surface area contributed by atoms with Crippen molar-refractivity contribution in [1.29, 1.82) is 0 Å². The summed E-state index contributed by atoms with van der Waals surface area (Å²) in [5, 5.41) is 0. The number of para-hydroxylation sites is 2. The summed E-state index contributed by atoms with van der Waals surface area (Å²) in [6.07, 6.45) is 1.81. The predicted molar refractivity (Wildman–Crippen MR) is 96.5 cm³/mol. The van der Waals surface area contributed by atoms with Crippen LogP contribution in [0.1, 0.15) is 36.0 Å². The van der Waals surface area contributed by atoms with Crippen LogP contribution in [0.2, 0.25) is 0 Å². The number of nitrogens with zero attached hydrogens (tertiary/aromatic N) is 3. The zero-order valence-corrected chi connectivity index (χ0v) is 14.7. The molecule has 0 atom stereocenters. The number of carbonyl (C=O) groups excluding carboxylic acids is 1. The molecule has 5 heteroatoms. The maximum Gasteiger partial charge on any atom is 0.242 e. The first-order valence-electron chi connectivity index (χ1n) is 8.88. The summed E-state index contributed by atoms with van der Waals surface area (Å²) in [6.45, 7) is 6.04. The molecule has 1 aliphatic heterocycles. The monoisotopic (exact) mass is 337 g/mol. The van der Waals surface area contributed by atoms with E-state index in [2.05, 4.69) is 21.7 Å². The number of aromatic nitrogens is 2. The van der Waals surface area contributed by atoms with Gasteiger partial charge in [0, 0.05) is 30.4 Å². The highest BCUT2D eigenvalue weighted by atomic mass is 16.3. The molecular formula is C20H23N3O2. The van der Waals surface area contributed by atoms with E-state index in [9.17, 15) is 4.79 Å². The second-order valence-corrected chi connectivity index (χ2v) is 6.88. The third kappa shape index (κ3) is 3.06. The molecule has 130 valence electrons. The van der Waals surface area contributed by atoms with Crippen molar-refractivity contribution < 1.29 is 9.21 Å². The Morgan fingerprint density at radius 2 is 1.80 bits per heavy atom. The SMILES string of the molecule is Cc1ccc(C)n1CC(=O)N1CCC(c2nc3ccccc3o2)CC1. The summed E-state index contributed by atoms with van der Waals surface area (Å²) in [5.41, 5.74) is 4.02. The van der Waals surface area contributed by atoms with E-state index in [-0.39, 0.29) is 5.91 Å². The molecule has 0 bridgehead atoms. The number of fused-ring (bicyclic) bond motifs is 1. The Hall–Kier alpha value is -2.56. The van der Waals surface area contributed by atoms with E-state index in [1.165, 1.54) is 0 Å². The molecule has 0 aliphatic carbocycles. The summed E-state index contributed by atoms with van der Waals surface area (Å²) < 4.78 is 7.98. The average molecular weight is 337 g/mol. The van der Waals surface area contributed by atoms with E-state index in [0.29, 0.717) is 12.5 Å². The Morgan fingerprint density at radius 3 is 2.48 bits per heavy atom. The molecule has 0 unspecified atom stereocenters. The van der Waals surface area contributed by atoms with Gasteiger partial charge in [-0.15, -0.1) is 0 Å². The first-order chi connectivity index (χ1) is 12.1. The van der Waals surface area contributed by atoms with Crippen LogP contribution in [0.5, 0.6) is 0 Å². The summed E-state index contributed by atoms with van der Waals surface area (Å²) in [7, 11) is 0. The van der Waals surface area contributed by atoms with Crippen LogP contribution >= 0.6 is 0 Å². The lowest BCUT2D eigenvalue weighted by Gasteiger charge is -2.31. The standard InChI is InChI=1S/C20H23N3O2/c1-14-7-8-15(2)23(14)13-19(24)22-11-9-16(10-12-22)20-21-17-5-3-4-6-18(17)25-20/h3-8,16H,9-13H2,1-2H3.